The first-order valence-corrected chi connectivity index (χ1v) is 6.58. The van der Waals surface area contributed by atoms with Crippen LogP contribution in [-0.2, 0) is 4.79 Å². The highest BCUT2D eigenvalue weighted by Crippen LogP contribution is 2.16. The number of aromatic nitrogens is 1. The molecule has 1 aromatic rings. The third-order valence-electron chi connectivity index (χ3n) is 2.41. The molecule has 1 unspecified atom stereocenters. The lowest BCUT2D eigenvalue weighted by atomic mass is 10.3. The van der Waals surface area contributed by atoms with Gasteiger partial charge in [-0.3, -0.25) is 9.59 Å². The van der Waals surface area contributed by atoms with E-state index in [0.29, 0.717) is 17.2 Å². The minimum Gasteiger partial charge on any atom is -0.358 e. The molecule has 0 radical (unpaired) electrons. The van der Waals surface area contributed by atoms with Crippen molar-refractivity contribution in [1.82, 2.24) is 15.2 Å². The molecule has 0 fully saturated rings. The lowest BCUT2D eigenvalue weighted by Crippen LogP contribution is -2.39. The van der Waals surface area contributed by atoms with Gasteiger partial charge in [0, 0.05) is 19.0 Å². The second-order valence-corrected chi connectivity index (χ2v) is 4.74. The Labute approximate surface area is 110 Å². The Morgan fingerprint density at radius 3 is 2.72 bits per heavy atom. The lowest BCUT2D eigenvalue weighted by Gasteiger charge is -2.18. The Morgan fingerprint density at radius 2 is 2.28 bits per heavy atom. The van der Waals surface area contributed by atoms with Gasteiger partial charge in [0.2, 0.25) is 5.91 Å². The summed E-state index contributed by atoms with van der Waals surface area (Å²) in [6, 6.07) is -0.189. The van der Waals surface area contributed by atoms with Crippen molar-refractivity contribution < 1.29 is 9.59 Å². The maximum absolute atomic E-state index is 12.1. The van der Waals surface area contributed by atoms with E-state index in [2.05, 4.69) is 10.3 Å². The maximum Gasteiger partial charge on any atom is 0.273 e. The summed E-state index contributed by atoms with van der Waals surface area (Å²) in [4.78, 5) is 29.0. The van der Waals surface area contributed by atoms with Crippen molar-refractivity contribution >= 4 is 23.2 Å². The molecule has 3 N–H and O–H groups in total. The van der Waals surface area contributed by atoms with Gasteiger partial charge in [0.1, 0.15) is 10.7 Å². The van der Waals surface area contributed by atoms with Gasteiger partial charge in [0.15, 0.2) is 0 Å². The minimum absolute atomic E-state index is 0.0386. The van der Waals surface area contributed by atoms with Gasteiger partial charge in [-0.1, -0.05) is 0 Å². The molecule has 2 amide bonds. The van der Waals surface area contributed by atoms with Crippen molar-refractivity contribution in [3.63, 3.8) is 0 Å². The Bertz CT molecular complexity index is 430. The third kappa shape index (κ3) is 3.51. The van der Waals surface area contributed by atoms with Gasteiger partial charge < -0.3 is 16.0 Å². The molecule has 0 bridgehead atoms. The molecule has 6 nitrogen and oxygen atoms in total. The fourth-order valence-electron chi connectivity index (χ4n) is 1.34. The number of hydrogen-bond donors (Lipinski definition) is 2. The molecule has 0 aromatic carbocycles. The number of carbonyl (C=O) groups is 2. The molecule has 0 aliphatic rings. The van der Waals surface area contributed by atoms with Crippen molar-refractivity contribution in [2.45, 2.75) is 19.9 Å². The van der Waals surface area contributed by atoms with Crippen LogP contribution in [0.15, 0.2) is 5.38 Å². The first kappa shape index (κ1) is 14.6. The molecular weight excluding hydrogens is 252 g/mol. The SMILES string of the molecule is CCN(CC(=O)NC)C(=O)c1csc(C(C)N)n1. The lowest BCUT2D eigenvalue weighted by molar-refractivity contribution is -0.121. The third-order valence-corrected chi connectivity index (χ3v) is 3.46. The van der Waals surface area contributed by atoms with Gasteiger partial charge in [0.05, 0.1) is 12.6 Å². The van der Waals surface area contributed by atoms with E-state index in [9.17, 15) is 9.59 Å². The van der Waals surface area contributed by atoms with E-state index >= 15 is 0 Å². The molecular formula is C11H18N4O2S. The van der Waals surface area contributed by atoms with Crippen LogP contribution in [0.4, 0.5) is 0 Å². The number of nitrogens with one attached hydrogen (secondary N) is 1. The summed E-state index contributed by atoms with van der Waals surface area (Å²) in [7, 11) is 1.54. The van der Waals surface area contributed by atoms with Crippen LogP contribution in [0.3, 0.4) is 0 Å². The van der Waals surface area contributed by atoms with Crippen molar-refractivity contribution in [3.8, 4) is 0 Å². The Balaban J connectivity index is 2.79. The van der Waals surface area contributed by atoms with E-state index in [0.717, 1.165) is 0 Å². The molecule has 18 heavy (non-hydrogen) atoms. The van der Waals surface area contributed by atoms with Crippen molar-refractivity contribution in [1.29, 1.82) is 0 Å². The van der Waals surface area contributed by atoms with Gasteiger partial charge in [-0.05, 0) is 13.8 Å². The Morgan fingerprint density at radius 1 is 1.61 bits per heavy atom. The number of amides is 2. The zero-order valence-electron chi connectivity index (χ0n) is 10.8. The Kier molecular flexibility index (Phi) is 5.24. The number of nitrogens with two attached hydrogens (primary N) is 1. The monoisotopic (exact) mass is 270 g/mol. The average Bonchev–Trinajstić information content (AvgIpc) is 2.84. The maximum atomic E-state index is 12.1. The fraction of sp³-hybridized carbons (Fsp3) is 0.545. The molecule has 1 rings (SSSR count). The second-order valence-electron chi connectivity index (χ2n) is 3.85. The standard InChI is InChI=1S/C11H18N4O2S/c1-4-15(5-9(16)13-3)11(17)8-6-18-10(14-8)7(2)12/h6-7H,4-5,12H2,1-3H3,(H,13,16). The highest BCUT2D eigenvalue weighted by molar-refractivity contribution is 7.09. The van der Waals surface area contributed by atoms with Gasteiger partial charge in [-0.25, -0.2) is 4.98 Å². The summed E-state index contributed by atoms with van der Waals surface area (Å²) in [5.41, 5.74) is 6.04. The van der Waals surface area contributed by atoms with Crippen LogP contribution in [0.5, 0.6) is 0 Å². The minimum atomic E-state index is -0.246. The topological polar surface area (TPSA) is 88.3 Å². The molecule has 0 aliphatic heterocycles. The second kappa shape index (κ2) is 6.46. The molecule has 1 aromatic heterocycles. The normalized spacial score (nSPS) is 12.0. The van der Waals surface area contributed by atoms with Crippen molar-refractivity contribution in [2.24, 2.45) is 5.73 Å². The van der Waals surface area contributed by atoms with E-state index in [4.69, 9.17) is 5.73 Å². The highest BCUT2D eigenvalue weighted by atomic mass is 32.1. The smallest absolute Gasteiger partial charge is 0.273 e. The van der Waals surface area contributed by atoms with Crippen LogP contribution in [0.1, 0.15) is 35.4 Å². The van der Waals surface area contributed by atoms with Gasteiger partial charge in [-0.2, -0.15) is 0 Å². The van der Waals surface area contributed by atoms with E-state index in [1.54, 1.807) is 5.38 Å². The van der Waals surface area contributed by atoms with E-state index in [-0.39, 0.29) is 24.4 Å². The van der Waals surface area contributed by atoms with Crippen molar-refractivity contribution in [3.05, 3.63) is 16.1 Å². The van der Waals surface area contributed by atoms with E-state index in [1.165, 1.54) is 23.3 Å². The zero-order chi connectivity index (χ0) is 13.7. The van der Waals surface area contributed by atoms with E-state index < -0.39 is 0 Å². The summed E-state index contributed by atoms with van der Waals surface area (Å²) in [5, 5.41) is 4.88. The molecule has 0 saturated carbocycles. The van der Waals surface area contributed by atoms with Crippen LogP contribution in [0, 0.1) is 0 Å². The zero-order valence-corrected chi connectivity index (χ0v) is 11.6. The number of likely N-dealkylation sites (N-methyl/N-ethyl adjacent to an activating group) is 2. The predicted molar refractivity (Wildman–Crippen MR) is 70.4 cm³/mol. The number of hydrogen-bond acceptors (Lipinski definition) is 5. The molecule has 0 spiro atoms. The van der Waals surface area contributed by atoms with Crippen LogP contribution >= 0.6 is 11.3 Å². The average molecular weight is 270 g/mol. The first-order chi connectivity index (χ1) is 8.49. The molecule has 7 heteroatoms. The van der Waals surface area contributed by atoms with Crippen LogP contribution in [0.2, 0.25) is 0 Å². The summed E-state index contributed by atoms with van der Waals surface area (Å²) >= 11 is 1.35. The largest absolute Gasteiger partial charge is 0.358 e. The van der Waals surface area contributed by atoms with Crippen LogP contribution < -0.4 is 11.1 Å². The number of thiazole rings is 1. The molecule has 0 aliphatic carbocycles. The fourth-order valence-corrected chi connectivity index (χ4v) is 2.09. The van der Waals surface area contributed by atoms with Gasteiger partial charge in [0.25, 0.3) is 5.91 Å². The van der Waals surface area contributed by atoms with Gasteiger partial charge >= 0.3 is 0 Å². The van der Waals surface area contributed by atoms with Crippen LogP contribution in [-0.4, -0.2) is 41.8 Å². The summed E-state index contributed by atoms with van der Waals surface area (Å²) in [5.74, 6) is -0.447. The predicted octanol–water partition coefficient (Wildman–Crippen LogP) is 0.371. The summed E-state index contributed by atoms with van der Waals surface area (Å²) in [6.45, 7) is 4.13. The van der Waals surface area contributed by atoms with Crippen LogP contribution in [0.25, 0.3) is 0 Å². The number of carbonyl (C=O) groups excluding carboxylic acids is 2. The van der Waals surface area contributed by atoms with Crippen molar-refractivity contribution in [2.75, 3.05) is 20.1 Å². The van der Waals surface area contributed by atoms with E-state index in [1.807, 2.05) is 13.8 Å². The van der Waals surface area contributed by atoms with Gasteiger partial charge in [-0.15, -0.1) is 11.3 Å². The molecule has 100 valence electrons. The first-order valence-electron chi connectivity index (χ1n) is 5.70. The summed E-state index contributed by atoms with van der Waals surface area (Å²) < 4.78 is 0. The highest BCUT2D eigenvalue weighted by Gasteiger charge is 2.20. The molecule has 1 atom stereocenters. The molecule has 1 heterocycles. The quantitative estimate of drug-likeness (QED) is 0.809. The number of nitrogens with zero attached hydrogens (tertiary/aromatic N) is 2. The molecule has 0 saturated heterocycles. The number of rotatable bonds is 5. The Hall–Kier alpha value is -1.47. The summed E-state index contributed by atoms with van der Waals surface area (Å²) in [6.07, 6.45) is 0.